The van der Waals surface area contributed by atoms with E-state index in [9.17, 15) is 9.59 Å². The molecule has 0 aromatic carbocycles. The van der Waals surface area contributed by atoms with Gasteiger partial charge in [0.2, 0.25) is 0 Å². The average Bonchev–Trinajstić information content (AvgIpc) is 2.53. The Morgan fingerprint density at radius 3 is 2.74 bits per heavy atom. The average molecular weight is 312 g/mol. The van der Waals surface area contributed by atoms with E-state index in [0.29, 0.717) is 17.7 Å². The van der Waals surface area contributed by atoms with Crippen molar-refractivity contribution in [3.8, 4) is 0 Å². The summed E-state index contributed by atoms with van der Waals surface area (Å²) < 4.78 is 4.98. The van der Waals surface area contributed by atoms with Crippen molar-refractivity contribution in [2.24, 2.45) is 10.9 Å². The summed E-state index contributed by atoms with van der Waals surface area (Å²) in [5.74, 6) is -1.29. The van der Waals surface area contributed by atoms with E-state index >= 15 is 0 Å². The molecule has 1 aromatic heterocycles. The lowest BCUT2D eigenvalue weighted by Gasteiger charge is -2.33. The third-order valence-electron chi connectivity index (χ3n) is 4.52. The minimum Gasteiger partial charge on any atom is -0.468 e. The smallest absolute Gasteiger partial charge is 0.315 e. The summed E-state index contributed by atoms with van der Waals surface area (Å²) >= 11 is 0. The Morgan fingerprint density at radius 1 is 1.26 bits per heavy atom. The van der Waals surface area contributed by atoms with Crippen molar-refractivity contribution >= 4 is 17.5 Å². The molecule has 2 aliphatic rings. The molecule has 1 aliphatic heterocycles. The normalized spacial score (nSPS) is 24.1. The predicted octanol–water partition coefficient (Wildman–Crippen LogP) is 2.74. The number of hydrogen-bond acceptors (Lipinski definition) is 5. The second-order valence-corrected chi connectivity index (χ2v) is 6.07. The summed E-state index contributed by atoms with van der Waals surface area (Å²) in [6.45, 7) is 3.73. The molecule has 0 saturated heterocycles. The standard InChI is InChI=1S/C18H20N2O3/c1-10-6-4-7-13(19-10)17-15(18(22)23-3)11(2)20-12-8-5-9-14(21)16(12)17/h4,6-7,15,17H,5,8-9H2,1-3H3. The van der Waals surface area contributed by atoms with Crippen molar-refractivity contribution in [2.45, 2.75) is 39.0 Å². The highest BCUT2D eigenvalue weighted by Crippen LogP contribution is 2.42. The molecule has 0 amide bonds. The number of rotatable bonds is 2. The lowest BCUT2D eigenvalue weighted by Crippen LogP contribution is -2.37. The molecule has 2 heterocycles. The van der Waals surface area contributed by atoms with Crippen molar-refractivity contribution in [1.82, 2.24) is 4.98 Å². The summed E-state index contributed by atoms with van der Waals surface area (Å²) in [5.41, 5.74) is 3.75. The number of ketones is 1. The van der Waals surface area contributed by atoms with Gasteiger partial charge in [-0.1, -0.05) is 6.07 Å². The Labute approximate surface area is 135 Å². The summed E-state index contributed by atoms with van der Waals surface area (Å²) in [6, 6.07) is 5.68. The molecule has 0 N–H and O–H groups in total. The molecular formula is C18H20N2O3. The molecule has 0 spiro atoms. The molecule has 0 radical (unpaired) electrons. The monoisotopic (exact) mass is 312 g/mol. The maximum Gasteiger partial charge on any atom is 0.315 e. The third kappa shape index (κ3) is 2.71. The first-order chi connectivity index (χ1) is 11.0. The van der Waals surface area contributed by atoms with E-state index in [1.165, 1.54) is 7.11 Å². The zero-order valence-corrected chi connectivity index (χ0v) is 13.6. The van der Waals surface area contributed by atoms with Crippen molar-refractivity contribution < 1.29 is 14.3 Å². The van der Waals surface area contributed by atoms with Gasteiger partial charge in [0, 0.05) is 34.8 Å². The molecule has 0 saturated carbocycles. The Bertz CT molecular complexity index is 734. The van der Waals surface area contributed by atoms with Gasteiger partial charge in [0.05, 0.1) is 13.0 Å². The number of esters is 1. The number of Topliss-reactive ketones (excluding diaryl/α,β-unsaturated/α-hetero) is 1. The Balaban J connectivity index is 2.19. The largest absolute Gasteiger partial charge is 0.468 e. The number of nitrogens with zero attached hydrogens (tertiary/aromatic N) is 2. The zero-order chi connectivity index (χ0) is 16.6. The second-order valence-electron chi connectivity index (χ2n) is 6.07. The number of hydrogen-bond donors (Lipinski definition) is 0. The van der Waals surface area contributed by atoms with Crippen LogP contribution in [0.5, 0.6) is 0 Å². The minimum absolute atomic E-state index is 0.0738. The highest BCUT2D eigenvalue weighted by atomic mass is 16.5. The van der Waals surface area contributed by atoms with Gasteiger partial charge in [-0.15, -0.1) is 0 Å². The molecule has 2 unspecified atom stereocenters. The first-order valence-corrected chi connectivity index (χ1v) is 7.85. The topological polar surface area (TPSA) is 68.6 Å². The second kappa shape index (κ2) is 6.07. The first kappa shape index (κ1) is 15.6. The van der Waals surface area contributed by atoms with Gasteiger partial charge < -0.3 is 4.74 Å². The van der Waals surface area contributed by atoms with Crippen LogP contribution < -0.4 is 0 Å². The number of methoxy groups -OCH3 is 1. The number of carbonyl (C=O) groups excluding carboxylic acids is 2. The molecular weight excluding hydrogens is 292 g/mol. The number of aryl methyl sites for hydroxylation is 1. The van der Waals surface area contributed by atoms with E-state index in [-0.39, 0.29) is 11.8 Å². The van der Waals surface area contributed by atoms with Gasteiger partial charge in [-0.3, -0.25) is 19.6 Å². The maximum absolute atomic E-state index is 12.6. The van der Waals surface area contributed by atoms with Crippen LogP contribution >= 0.6 is 0 Å². The van der Waals surface area contributed by atoms with Gasteiger partial charge in [-0.2, -0.15) is 0 Å². The summed E-state index contributed by atoms with van der Waals surface area (Å²) in [5, 5.41) is 0. The van der Waals surface area contributed by atoms with Crippen LogP contribution in [0.4, 0.5) is 0 Å². The number of ether oxygens (including phenoxy) is 1. The molecule has 120 valence electrons. The predicted molar refractivity (Wildman–Crippen MR) is 86.2 cm³/mol. The fourth-order valence-corrected chi connectivity index (χ4v) is 3.50. The summed E-state index contributed by atoms with van der Waals surface area (Å²) in [6.07, 6.45) is 2.09. The molecule has 5 heteroatoms. The lowest BCUT2D eigenvalue weighted by atomic mass is 9.73. The van der Waals surface area contributed by atoms with Crippen LogP contribution in [0.1, 0.15) is 43.5 Å². The van der Waals surface area contributed by atoms with E-state index in [1.807, 2.05) is 32.0 Å². The first-order valence-electron chi connectivity index (χ1n) is 7.85. The van der Waals surface area contributed by atoms with Gasteiger partial charge >= 0.3 is 5.97 Å². The van der Waals surface area contributed by atoms with Gasteiger partial charge in [0.25, 0.3) is 0 Å². The Kier molecular flexibility index (Phi) is 4.11. The number of allylic oxidation sites excluding steroid dienone is 2. The molecule has 0 fully saturated rings. The zero-order valence-electron chi connectivity index (χ0n) is 13.6. The highest BCUT2D eigenvalue weighted by molar-refractivity contribution is 6.08. The van der Waals surface area contributed by atoms with Gasteiger partial charge in [0.15, 0.2) is 5.78 Å². The summed E-state index contributed by atoms with van der Waals surface area (Å²) in [4.78, 5) is 34.0. The van der Waals surface area contributed by atoms with Crippen LogP contribution in [0.25, 0.3) is 0 Å². The highest BCUT2D eigenvalue weighted by Gasteiger charge is 2.43. The number of carbonyl (C=O) groups is 2. The van der Waals surface area contributed by atoms with Crippen LogP contribution in [0.3, 0.4) is 0 Å². The van der Waals surface area contributed by atoms with Crippen LogP contribution in [-0.4, -0.2) is 29.6 Å². The van der Waals surface area contributed by atoms with E-state index in [0.717, 1.165) is 29.9 Å². The maximum atomic E-state index is 12.6. The van der Waals surface area contributed by atoms with Gasteiger partial charge in [0.1, 0.15) is 5.92 Å². The van der Waals surface area contributed by atoms with Crippen LogP contribution in [0.15, 0.2) is 34.5 Å². The van der Waals surface area contributed by atoms with Crippen molar-refractivity contribution in [2.75, 3.05) is 7.11 Å². The molecule has 2 atom stereocenters. The number of aliphatic imine (C=N–C) groups is 1. The van der Waals surface area contributed by atoms with E-state index in [1.54, 1.807) is 0 Å². The van der Waals surface area contributed by atoms with Crippen molar-refractivity contribution in [1.29, 1.82) is 0 Å². The Hall–Kier alpha value is -2.30. The van der Waals surface area contributed by atoms with Crippen LogP contribution in [-0.2, 0) is 14.3 Å². The van der Waals surface area contributed by atoms with Gasteiger partial charge in [-0.25, -0.2) is 0 Å². The van der Waals surface area contributed by atoms with Crippen molar-refractivity contribution in [3.63, 3.8) is 0 Å². The fraction of sp³-hybridized carbons (Fsp3) is 0.444. The Morgan fingerprint density at radius 2 is 2.04 bits per heavy atom. The molecule has 3 rings (SSSR count). The van der Waals surface area contributed by atoms with E-state index in [4.69, 9.17) is 4.74 Å². The lowest BCUT2D eigenvalue weighted by molar-refractivity contribution is -0.143. The minimum atomic E-state index is -0.588. The molecule has 23 heavy (non-hydrogen) atoms. The number of pyridine rings is 1. The van der Waals surface area contributed by atoms with E-state index < -0.39 is 11.8 Å². The van der Waals surface area contributed by atoms with Crippen LogP contribution in [0, 0.1) is 12.8 Å². The molecule has 1 aromatic rings. The number of aromatic nitrogens is 1. The van der Waals surface area contributed by atoms with Crippen molar-refractivity contribution in [3.05, 3.63) is 40.9 Å². The SMILES string of the molecule is COC(=O)C1C(C)=NC2=C(C(=O)CCC2)C1c1cccc(C)n1. The molecule has 0 bridgehead atoms. The quantitative estimate of drug-likeness (QED) is 0.787. The fourth-order valence-electron chi connectivity index (χ4n) is 3.50. The molecule has 1 aliphatic carbocycles. The third-order valence-corrected chi connectivity index (χ3v) is 4.52. The van der Waals surface area contributed by atoms with Gasteiger partial charge in [-0.05, 0) is 38.8 Å². The van der Waals surface area contributed by atoms with E-state index in [2.05, 4.69) is 9.98 Å². The summed E-state index contributed by atoms with van der Waals surface area (Å²) in [7, 11) is 1.36. The molecule has 5 nitrogen and oxygen atoms in total. The van der Waals surface area contributed by atoms with Crippen LogP contribution in [0.2, 0.25) is 0 Å².